The van der Waals surface area contributed by atoms with Gasteiger partial charge < -0.3 is 49.2 Å². The summed E-state index contributed by atoms with van der Waals surface area (Å²) in [5, 5.41) is 50.0. The van der Waals surface area contributed by atoms with Crippen molar-refractivity contribution in [3.63, 3.8) is 0 Å². The van der Waals surface area contributed by atoms with Crippen LogP contribution < -0.4 is 14.2 Å². The number of carbonyl (C=O) groups is 1. The molecule has 5 unspecified atom stereocenters. The third kappa shape index (κ3) is 5.69. The third-order valence-corrected chi connectivity index (χ3v) is 5.09. The largest absolute Gasteiger partial charge is 0.504 e. The molecule has 1 aliphatic heterocycles. The molecule has 11 nitrogen and oxygen atoms in total. The number of hydrogen-bond acceptors (Lipinski definition) is 11. The zero-order valence-corrected chi connectivity index (χ0v) is 18.4. The molecular formula is C23H26O11. The Morgan fingerprint density at radius 1 is 1.00 bits per heavy atom. The topological polar surface area (TPSA) is 164 Å². The van der Waals surface area contributed by atoms with E-state index in [1.807, 2.05) is 0 Å². The Bertz CT molecular complexity index is 1020. The molecule has 2 aromatic rings. The van der Waals surface area contributed by atoms with Gasteiger partial charge in [-0.1, -0.05) is 6.07 Å². The number of methoxy groups -OCH3 is 2. The van der Waals surface area contributed by atoms with E-state index in [4.69, 9.17) is 23.7 Å². The van der Waals surface area contributed by atoms with Crippen LogP contribution in [-0.2, 0) is 14.3 Å². The van der Waals surface area contributed by atoms with Crippen LogP contribution >= 0.6 is 0 Å². The van der Waals surface area contributed by atoms with E-state index in [1.165, 1.54) is 50.6 Å². The predicted octanol–water partition coefficient (Wildman–Crippen LogP) is 0.558. The SMILES string of the molecule is COc1cc(/C=C/C(=O)OC2C(CO)OC(Oc3ccc(O)c(OC)c3)C(O)C2O)ccc1O. The van der Waals surface area contributed by atoms with Crippen LogP contribution in [0.2, 0.25) is 0 Å². The average Bonchev–Trinajstić information content (AvgIpc) is 2.84. The van der Waals surface area contributed by atoms with Gasteiger partial charge in [0.05, 0.1) is 20.8 Å². The molecule has 1 saturated heterocycles. The molecule has 1 heterocycles. The number of esters is 1. The lowest BCUT2D eigenvalue weighted by molar-refractivity contribution is -0.280. The number of carbonyl (C=O) groups excluding carboxylic acids is 1. The Kier molecular flexibility index (Phi) is 8.18. The van der Waals surface area contributed by atoms with Crippen LogP contribution in [0.3, 0.4) is 0 Å². The lowest BCUT2D eigenvalue weighted by Gasteiger charge is -2.41. The molecule has 184 valence electrons. The summed E-state index contributed by atoms with van der Waals surface area (Å²) in [6, 6.07) is 8.48. The third-order valence-electron chi connectivity index (χ3n) is 5.09. The highest BCUT2D eigenvalue weighted by Crippen LogP contribution is 2.32. The fourth-order valence-corrected chi connectivity index (χ4v) is 3.30. The van der Waals surface area contributed by atoms with Crippen molar-refractivity contribution >= 4 is 12.0 Å². The molecule has 0 radical (unpaired) electrons. The van der Waals surface area contributed by atoms with Crippen LogP contribution in [0.25, 0.3) is 6.08 Å². The van der Waals surface area contributed by atoms with Crippen molar-refractivity contribution in [1.29, 1.82) is 0 Å². The summed E-state index contributed by atoms with van der Waals surface area (Å²) in [5.41, 5.74) is 0.531. The van der Waals surface area contributed by atoms with Gasteiger partial charge >= 0.3 is 5.97 Å². The molecule has 1 aliphatic rings. The first kappa shape index (κ1) is 25.1. The van der Waals surface area contributed by atoms with Crippen molar-refractivity contribution < 1.29 is 54.0 Å². The second-order valence-electron chi connectivity index (χ2n) is 7.32. The monoisotopic (exact) mass is 478 g/mol. The summed E-state index contributed by atoms with van der Waals surface area (Å²) in [6.07, 6.45) is -4.79. The van der Waals surface area contributed by atoms with Crippen molar-refractivity contribution in [2.24, 2.45) is 0 Å². The zero-order chi connectivity index (χ0) is 24.8. The van der Waals surface area contributed by atoms with E-state index in [1.54, 1.807) is 6.07 Å². The molecule has 0 amide bonds. The van der Waals surface area contributed by atoms with Crippen LogP contribution in [-0.4, -0.2) is 83.0 Å². The van der Waals surface area contributed by atoms with Crippen LogP contribution in [0.1, 0.15) is 5.56 Å². The second kappa shape index (κ2) is 11.1. The fraction of sp³-hybridized carbons (Fsp3) is 0.348. The molecule has 2 aromatic carbocycles. The van der Waals surface area contributed by atoms with Gasteiger partial charge in [-0.2, -0.15) is 0 Å². The number of hydrogen-bond donors (Lipinski definition) is 5. The highest BCUT2D eigenvalue weighted by molar-refractivity contribution is 5.87. The van der Waals surface area contributed by atoms with Crippen LogP contribution in [0.15, 0.2) is 42.5 Å². The van der Waals surface area contributed by atoms with Gasteiger partial charge in [-0.05, 0) is 35.9 Å². The van der Waals surface area contributed by atoms with Gasteiger partial charge in [0.15, 0.2) is 29.1 Å². The maximum absolute atomic E-state index is 12.3. The van der Waals surface area contributed by atoms with E-state index in [2.05, 4.69) is 0 Å². The molecule has 1 fully saturated rings. The number of phenolic OH excluding ortho intramolecular Hbond substituents is 2. The molecule has 34 heavy (non-hydrogen) atoms. The van der Waals surface area contributed by atoms with Gasteiger partial charge in [-0.15, -0.1) is 0 Å². The highest BCUT2D eigenvalue weighted by atomic mass is 16.7. The molecule has 0 spiro atoms. The molecule has 5 N–H and O–H groups in total. The molecular weight excluding hydrogens is 452 g/mol. The van der Waals surface area contributed by atoms with Crippen molar-refractivity contribution in [3.8, 4) is 28.7 Å². The van der Waals surface area contributed by atoms with Gasteiger partial charge in [0.2, 0.25) is 6.29 Å². The first-order valence-electron chi connectivity index (χ1n) is 10.2. The van der Waals surface area contributed by atoms with Crippen LogP contribution in [0, 0.1) is 0 Å². The predicted molar refractivity (Wildman–Crippen MR) is 117 cm³/mol. The Morgan fingerprint density at radius 3 is 2.29 bits per heavy atom. The number of phenols is 2. The van der Waals surface area contributed by atoms with E-state index in [-0.39, 0.29) is 28.7 Å². The number of rotatable bonds is 8. The molecule has 0 aromatic heterocycles. The Labute approximate surface area is 195 Å². The number of aliphatic hydroxyl groups excluding tert-OH is 3. The first-order chi connectivity index (χ1) is 16.3. The van der Waals surface area contributed by atoms with E-state index >= 15 is 0 Å². The van der Waals surface area contributed by atoms with Gasteiger partial charge in [-0.3, -0.25) is 0 Å². The van der Waals surface area contributed by atoms with E-state index in [0.29, 0.717) is 5.56 Å². The van der Waals surface area contributed by atoms with Gasteiger partial charge in [0, 0.05) is 12.1 Å². The Hall–Kier alpha value is -3.51. The minimum atomic E-state index is -1.64. The van der Waals surface area contributed by atoms with Crippen LogP contribution in [0.4, 0.5) is 0 Å². The van der Waals surface area contributed by atoms with Crippen molar-refractivity contribution in [2.45, 2.75) is 30.7 Å². The van der Waals surface area contributed by atoms with Gasteiger partial charge in [-0.25, -0.2) is 4.79 Å². The summed E-state index contributed by atoms with van der Waals surface area (Å²) in [5.74, 6) is -0.566. The molecule has 5 atom stereocenters. The maximum Gasteiger partial charge on any atom is 0.331 e. The highest BCUT2D eigenvalue weighted by Gasteiger charge is 2.47. The number of ether oxygens (including phenoxy) is 5. The molecule has 11 heteroatoms. The van der Waals surface area contributed by atoms with E-state index in [9.17, 15) is 30.3 Å². The normalized spacial score (nSPS) is 24.6. The fourth-order valence-electron chi connectivity index (χ4n) is 3.30. The van der Waals surface area contributed by atoms with Crippen LogP contribution in [0.5, 0.6) is 28.7 Å². The van der Waals surface area contributed by atoms with Crippen molar-refractivity contribution in [3.05, 3.63) is 48.0 Å². The minimum Gasteiger partial charge on any atom is -0.504 e. The minimum absolute atomic E-state index is 0.0630. The number of aliphatic hydroxyl groups is 3. The quantitative estimate of drug-likeness (QED) is 0.266. The van der Waals surface area contributed by atoms with Gasteiger partial charge in [0.1, 0.15) is 24.1 Å². The zero-order valence-electron chi connectivity index (χ0n) is 18.4. The Morgan fingerprint density at radius 2 is 1.65 bits per heavy atom. The molecule has 3 rings (SSSR count). The lowest BCUT2D eigenvalue weighted by atomic mass is 9.99. The van der Waals surface area contributed by atoms with Gasteiger partial charge in [0.25, 0.3) is 0 Å². The summed E-state index contributed by atoms with van der Waals surface area (Å²) < 4.78 is 26.3. The Balaban J connectivity index is 1.67. The first-order valence-corrected chi connectivity index (χ1v) is 10.2. The number of aromatic hydroxyl groups is 2. The smallest absolute Gasteiger partial charge is 0.331 e. The molecule has 0 aliphatic carbocycles. The number of benzene rings is 2. The summed E-state index contributed by atoms with van der Waals surface area (Å²) >= 11 is 0. The van der Waals surface area contributed by atoms with Crippen molar-refractivity contribution in [2.75, 3.05) is 20.8 Å². The standard InChI is InChI=1S/C23H26O11/c1-30-16-9-12(3-6-14(16)25)4-8-19(27)34-22-18(11-24)33-23(21(29)20(22)28)32-13-5-7-15(26)17(10-13)31-2/h3-10,18,20-26,28-29H,11H2,1-2H3/b8-4+. The molecule has 0 saturated carbocycles. The van der Waals surface area contributed by atoms with Crippen molar-refractivity contribution in [1.82, 2.24) is 0 Å². The second-order valence-corrected chi connectivity index (χ2v) is 7.32. The maximum atomic E-state index is 12.3. The van der Waals surface area contributed by atoms with E-state index < -0.39 is 43.3 Å². The summed E-state index contributed by atoms with van der Waals surface area (Å²) in [7, 11) is 2.73. The summed E-state index contributed by atoms with van der Waals surface area (Å²) in [4.78, 5) is 12.3. The molecule has 0 bridgehead atoms. The van der Waals surface area contributed by atoms with E-state index in [0.717, 1.165) is 6.08 Å². The summed E-state index contributed by atoms with van der Waals surface area (Å²) in [6.45, 7) is -0.640. The lowest BCUT2D eigenvalue weighted by Crippen LogP contribution is -2.61. The average molecular weight is 478 g/mol.